The molecule has 2 amide bonds. The number of nitrogens with one attached hydrogen (secondary N) is 1. The Labute approximate surface area is 148 Å². The molecule has 4 nitrogen and oxygen atoms in total. The van der Waals surface area contributed by atoms with Crippen LogP contribution in [0.1, 0.15) is 48.5 Å². The Bertz CT molecular complexity index is 758. The monoisotopic (exact) mass is 336 g/mol. The number of rotatable bonds is 5. The molecule has 0 bridgehead atoms. The van der Waals surface area contributed by atoms with Crippen LogP contribution in [-0.2, 0) is 16.0 Å². The summed E-state index contributed by atoms with van der Waals surface area (Å²) < 4.78 is 0. The fraction of sp³-hybridized carbons (Fsp3) is 0.333. The van der Waals surface area contributed by atoms with Crippen molar-refractivity contribution < 1.29 is 9.59 Å². The van der Waals surface area contributed by atoms with E-state index in [0.29, 0.717) is 0 Å². The number of carbonyl (C=O) groups is 2. The summed E-state index contributed by atoms with van der Waals surface area (Å²) in [4.78, 5) is 26.3. The van der Waals surface area contributed by atoms with Gasteiger partial charge in [0.05, 0.1) is 18.5 Å². The van der Waals surface area contributed by atoms with Gasteiger partial charge in [0.15, 0.2) is 0 Å². The van der Waals surface area contributed by atoms with Gasteiger partial charge >= 0.3 is 0 Å². The standard InChI is InChI=1S/C21H24N2O2/c1-15(24)22-19(17-9-4-3-5-10-17)14-21(25)23(2)20-13-12-16-8-6-7-11-18(16)20/h3-11,19-20H,12-14H2,1-2H3,(H,22,24). The molecule has 0 aromatic heterocycles. The van der Waals surface area contributed by atoms with E-state index in [0.717, 1.165) is 18.4 Å². The summed E-state index contributed by atoms with van der Waals surface area (Å²) in [6.07, 6.45) is 2.22. The fourth-order valence-corrected chi connectivity index (χ4v) is 3.61. The van der Waals surface area contributed by atoms with Crippen LogP contribution in [0.5, 0.6) is 0 Å². The van der Waals surface area contributed by atoms with E-state index in [1.165, 1.54) is 18.1 Å². The van der Waals surface area contributed by atoms with E-state index in [4.69, 9.17) is 0 Å². The number of amides is 2. The van der Waals surface area contributed by atoms with Crippen LogP contribution in [0.2, 0.25) is 0 Å². The minimum atomic E-state index is -0.301. The lowest BCUT2D eigenvalue weighted by Gasteiger charge is -2.28. The summed E-state index contributed by atoms with van der Waals surface area (Å²) in [6.45, 7) is 1.48. The summed E-state index contributed by atoms with van der Waals surface area (Å²) in [5.74, 6) is -0.0835. The molecule has 2 aromatic rings. The highest BCUT2D eigenvalue weighted by molar-refractivity contribution is 5.79. The highest BCUT2D eigenvalue weighted by Crippen LogP contribution is 2.35. The molecule has 2 atom stereocenters. The van der Waals surface area contributed by atoms with E-state index in [1.807, 2.05) is 54.4 Å². The van der Waals surface area contributed by atoms with Gasteiger partial charge in [-0.25, -0.2) is 0 Å². The molecule has 0 fully saturated rings. The zero-order chi connectivity index (χ0) is 17.8. The summed E-state index contributed by atoms with van der Waals surface area (Å²) in [5, 5.41) is 2.91. The third kappa shape index (κ3) is 3.90. The molecule has 1 aliphatic carbocycles. The molecule has 0 saturated heterocycles. The van der Waals surface area contributed by atoms with Gasteiger partial charge in [-0.2, -0.15) is 0 Å². The van der Waals surface area contributed by atoms with Gasteiger partial charge in [-0.3, -0.25) is 9.59 Å². The van der Waals surface area contributed by atoms with Crippen molar-refractivity contribution in [1.82, 2.24) is 10.2 Å². The van der Waals surface area contributed by atoms with Gasteiger partial charge in [0, 0.05) is 14.0 Å². The highest BCUT2D eigenvalue weighted by Gasteiger charge is 2.29. The first-order valence-electron chi connectivity index (χ1n) is 8.71. The van der Waals surface area contributed by atoms with Crippen LogP contribution in [0.15, 0.2) is 54.6 Å². The Balaban J connectivity index is 1.74. The third-order valence-corrected chi connectivity index (χ3v) is 4.92. The van der Waals surface area contributed by atoms with Gasteiger partial charge < -0.3 is 10.2 Å². The molecular formula is C21H24N2O2. The molecule has 1 aliphatic rings. The Hall–Kier alpha value is -2.62. The Kier molecular flexibility index (Phi) is 5.17. The number of aryl methyl sites for hydroxylation is 1. The molecule has 2 unspecified atom stereocenters. The summed E-state index contributed by atoms with van der Waals surface area (Å²) in [6, 6.07) is 17.8. The number of hydrogen-bond acceptors (Lipinski definition) is 2. The summed E-state index contributed by atoms with van der Waals surface area (Å²) in [5.41, 5.74) is 3.52. The van der Waals surface area contributed by atoms with Crippen molar-refractivity contribution in [2.75, 3.05) is 7.05 Å². The Morgan fingerprint density at radius 1 is 1.12 bits per heavy atom. The van der Waals surface area contributed by atoms with Crippen molar-refractivity contribution in [1.29, 1.82) is 0 Å². The molecule has 25 heavy (non-hydrogen) atoms. The molecule has 0 saturated carbocycles. The van der Waals surface area contributed by atoms with Gasteiger partial charge in [-0.1, -0.05) is 54.6 Å². The van der Waals surface area contributed by atoms with Gasteiger partial charge in [0.1, 0.15) is 0 Å². The fourth-order valence-electron chi connectivity index (χ4n) is 3.61. The van der Waals surface area contributed by atoms with E-state index in [9.17, 15) is 9.59 Å². The maximum atomic E-state index is 12.9. The van der Waals surface area contributed by atoms with Crippen molar-refractivity contribution in [3.8, 4) is 0 Å². The van der Waals surface area contributed by atoms with Crippen molar-refractivity contribution >= 4 is 11.8 Å². The van der Waals surface area contributed by atoms with E-state index < -0.39 is 0 Å². The second-order valence-corrected chi connectivity index (χ2v) is 6.63. The zero-order valence-corrected chi connectivity index (χ0v) is 14.7. The normalized spacial score (nSPS) is 16.8. The topological polar surface area (TPSA) is 49.4 Å². The quantitative estimate of drug-likeness (QED) is 0.910. The Morgan fingerprint density at radius 2 is 1.80 bits per heavy atom. The lowest BCUT2D eigenvalue weighted by molar-refractivity contribution is -0.133. The van der Waals surface area contributed by atoms with Crippen molar-refractivity contribution in [2.24, 2.45) is 0 Å². The number of nitrogens with zero attached hydrogens (tertiary/aromatic N) is 1. The van der Waals surface area contributed by atoms with Gasteiger partial charge in [0.25, 0.3) is 0 Å². The molecule has 130 valence electrons. The number of carbonyl (C=O) groups excluding carboxylic acids is 2. The molecule has 0 heterocycles. The van der Waals surface area contributed by atoms with E-state index >= 15 is 0 Å². The van der Waals surface area contributed by atoms with Crippen LogP contribution in [0, 0.1) is 0 Å². The Morgan fingerprint density at radius 3 is 2.52 bits per heavy atom. The first-order valence-corrected chi connectivity index (χ1v) is 8.71. The SMILES string of the molecule is CC(=O)NC(CC(=O)N(C)C1CCc2ccccc21)c1ccccc1. The average molecular weight is 336 g/mol. The first kappa shape index (κ1) is 17.2. The van der Waals surface area contributed by atoms with Crippen LogP contribution in [0.3, 0.4) is 0 Å². The van der Waals surface area contributed by atoms with Crippen LogP contribution >= 0.6 is 0 Å². The smallest absolute Gasteiger partial charge is 0.225 e. The predicted molar refractivity (Wildman–Crippen MR) is 97.9 cm³/mol. The van der Waals surface area contributed by atoms with Crippen LogP contribution < -0.4 is 5.32 Å². The van der Waals surface area contributed by atoms with Crippen LogP contribution in [0.4, 0.5) is 0 Å². The second kappa shape index (κ2) is 7.51. The minimum absolute atomic E-state index is 0.0457. The largest absolute Gasteiger partial charge is 0.349 e. The van der Waals surface area contributed by atoms with Gasteiger partial charge in [0.2, 0.25) is 11.8 Å². The minimum Gasteiger partial charge on any atom is -0.349 e. The molecule has 1 N–H and O–H groups in total. The molecule has 3 rings (SSSR count). The average Bonchev–Trinajstić information content (AvgIpc) is 3.05. The summed E-state index contributed by atoms with van der Waals surface area (Å²) >= 11 is 0. The molecule has 0 aliphatic heterocycles. The third-order valence-electron chi connectivity index (χ3n) is 4.92. The molecule has 2 aromatic carbocycles. The van der Waals surface area contributed by atoms with Crippen molar-refractivity contribution in [3.63, 3.8) is 0 Å². The maximum absolute atomic E-state index is 12.9. The predicted octanol–water partition coefficient (Wildman–Crippen LogP) is 3.40. The highest BCUT2D eigenvalue weighted by atomic mass is 16.2. The number of fused-ring (bicyclic) bond motifs is 1. The maximum Gasteiger partial charge on any atom is 0.225 e. The molecule has 4 heteroatoms. The van der Waals surface area contributed by atoms with Crippen LogP contribution in [0.25, 0.3) is 0 Å². The zero-order valence-electron chi connectivity index (χ0n) is 14.7. The van der Waals surface area contributed by atoms with E-state index in [1.54, 1.807) is 0 Å². The summed E-state index contributed by atoms with van der Waals surface area (Å²) in [7, 11) is 1.87. The van der Waals surface area contributed by atoms with Crippen molar-refractivity contribution in [3.05, 3.63) is 71.3 Å². The van der Waals surface area contributed by atoms with Crippen molar-refractivity contribution in [2.45, 2.75) is 38.3 Å². The first-order chi connectivity index (χ1) is 12.1. The van der Waals surface area contributed by atoms with E-state index in [2.05, 4.69) is 17.4 Å². The van der Waals surface area contributed by atoms with E-state index in [-0.39, 0.29) is 30.3 Å². The lowest BCUT2D eigenvalue weighted by atomic mass is 10.0. The van der Waals surface area contributed by atoms with Gasteiger partial charge in [-0.15, -0.1) is 0 Å². The number of benzene rings is 2. The second-order valence-electron chi connectivity index (χ2n) is 6.63. The molecular weight excluding hydrogens is 312 g/mol. The molecule has 0 spiro atoms. The van der Waals surface area contributed by atoms with Gasteiger partial charge in [-0.05, 0) is 29.5 Å². The number of hydrogen-bond donors (Lipinski definition) is 1. The molecule has 0 radical (unpaired) electrons. The van der Waals surface area contributed by atoms with Crippen LogP contribution in [-0.4, -0.2) is 23.8 Å². The lowest BCUT2D eigenvalue weighted by Crippen LogP contribution is -2.35.